The summed E-state index contributed by atoms with van der Waals surface area (Å²) in [5, 5.41) is 8.71. The van der Waals surface area contributed by atoms with Gasteiger partial charge >= 0.3 is 0 Å². The van der Waals surface area contributed by atoms with Crippen molar-refractivity contribution in [1.82, 2.24) is 29.2 Å². The first kappa shape index (κ1) is 16.6. The Morgan fingerprint density at radius 2 is 2.29 bits per heavy atom. The highest BCUT2D eigenvalue weighted by atomic mass is 16.5. The molecule has 0 aromatic carbocycles. The van der Waals surface area contributed by atoms with Crippen LogP contribution in [0.2, 0.25) is 0 Å². The molecule has 0 N–H and O–H groups in total. The lowest BCUT2D eigenvalue weighted by Gasteiger charge is -2.32. The lowest BCUT2D eigenvalue weighted by molar-refractivity contribution is -0.137. The third kappa shape index (κ3) is 3.64. The zero-order chi connectivity index (χ0) is 16.9. The van der Waals surface area contributed by atoms with Crippen molar-refractivity contribution in [2.75, 3.05) is 26.3 Å². The van der Waals surface area contributed by atoms with E-state index in [0.29, 0.717) is 19.7 Å². The van der Waals surface area contributed by atoms with Crippen LogP contribution in [0.5, 0.6) is 0 Å². The van der Waals surface area contributed by atoms with E-state index in [2.05, 4.69) is 15.2 Å². The molecule has 2 aromatic rings. The Hall–Kier alpha value is -2.22. The predicted molar refractivity (Wildman–Crippen MR) is 87.4 cm³/mol. The van der Waals surface area contributed by atoms with Crippen molar-refractivity contribution in [3.63, 3.8) is 0 Å². The van der Waals surface area contributed by atoms with Crippen LogP contribution in [0.3, 0.4) is 0 Å². The molecule has 8 heteroatoms. The molecule has 0 spiro atoms. The summed E-state index contributed by atoms with van der Waals surface area (Å²) >= 11 is 0. The maximum atomic E-state index is 12.2. The van der Waals surface area contributed by atoms with Crippen molar-refractivity contribution in [2.24, 2.45) is 7.05 Å². The molecule has 0 bridgehead atoms. The molecule has 1 atom stereocenters. The summed E-state index contributed by atoms with van der Waals surface area (Å²) in [4.78, 5) is 18.1. The van der Waals surface area contributed by atoms with E-state index in [1.807, 2.05) is 34.2 Å². The summed E-state index contributed by atoms with van der Waals surface area (Å²) in [5.74, 6) is 2.11. The quantitative estimate of drug-likeness (QED) is 0.782. The number of ether oxygens (including phenoxy) is 1. The first-order valence-corrected chi connectivity index (χ1v) is 8.38. The lowest BCUT2D eigenvalue weighted by Crippen LogP contribution is -2.41. The summed E-state index contributed by atoms with van der Waals surface area (Å²) in [7, 11) is 1.99. The molecule has 3 rings (SSSR count). The fourth-order valence-corrected chi connectivity index (χ4v) is 3.11. The largest absolute Gasteiger partial charge is 0.372 e. The second kappa shape index (κ2) is 7.57. The van der Waals surface area contributed by atoms with Gasteiger partial charge < -0.3 is 18.8 Å². The average molecular weight is 332 g/mol. The standard InChI is InChI=1S/C16H24N6O2/c1-3-24-11-15(23)22-7-4-5-13(9-22)16-19-18-14(20(16)2)10-21-8-6-17-12-21/h6,8,12-13H,3-5,7,9-11H2,1-2H3. The van der Waals surface area contributed by atoms with E-state index in [9.17, 15) is 4.79 Å². The van der Waals surface area contributed by atoms with Crippen LogP contribution < -0.4 is 0 Å². The van der Waals surface area contributed by atoms with Gasteiger partial charge in [0.2, 0.25) is 5.91 Å². The Morgan fingerprint density at radius 3 is 3.04 bits per heavy atom. The Morgan fingerprint density at radius 1 is 1.42 bits per heavy atom. The van der Waals surface area contributed by atoms with Crippen LogP contribution in [0.25, 0.3) is 0 Å². The monoisotopic (exact) mass is 332 g/mol. The van der Waals surface area contributed by atoms with Crippen molar-refractivity contribution in [3.05, 3.63) is 30.4 Å². The van der Waals surface area contributed by atoms with Crippen LogP contribution in [0.1, 0.15) is 37.3 Å². The molecule has 1 fully saturated rings. The minimum atomic E-state index is 0.0577. The number of piperidine rings is 1. The van der Waals surface area contributed by atoms with Crippen LogP contribution >= 0.6 is 0 Å². The van der Waals surface area contributed by atoms with Gasteiger partial charge in [0, 0.05) is 45.1 Å². The van der Waals surface area contributed by atoms with Gasteiger partial charge in [-0.05, 0) is 19.8 Å². The third-order valence-electron chi connectivity index (χ3n) is 4.45. The maximum Gasteiger partial charge on any atom is 0.248 e. The number of aromatic nitrogens is 5. The van der Waals surface area contributed by atoms with Crippen molar-refractivity contribution < 1.29 is 9.53 Å². The molecule has 130 valence electrons. The highest BCUT2D eigenvalue weighted by Gasteiger charge is 2.28. The summed E-state index contributed by atoms with van der Waals surface area (Å²) in [5.41, 5.74) is 0. The van der Waals surface area contributed by atoms with Gasteiger partial charge in [-0.1, -0.05) is 0 Å². The number of rotatable bonds is 6. The summed E-state index contributed by atoms with van der Waals surface area (Å²) < 4.78 is 9.25. The molecule has 8 nitrogen and oxygen atoms in total. The first-order chi connectivity index (χ1) is 11.7. The number of imidazole rings is 1. The molecule has 3 heterocycles. The van der Waals surface area contributed by atoms with Gasteiger partial charge in [-0.25, -0.2) is 4.98 Å². The number of carbonyl (C=O) groups is 1. The van der Waals surface area contributed by atoms with Crippen molar-refractivity contribution in [2.45, 2.75) is 32.2 Å². The molecule has 1 aliphatic heterocycles. The van der Waals surface area contributed by atoms with Crippen molar-refractivity contribution in [1.29, 1.82) is 0 Å². The number of hydrogen-bond donors (Lipinski definition) is 0. The van der Waals surface area contributed by atoms with Gasteiger partial charge in [0.1, 0.15) is 12.4 Å². The number of amides is 1. The topological polar surface area (TPSA) is 78.1 Å². The molecule has 1 amide bonds. The number of nitrogens with zero attached hydrogens (tertiary/aromatic N) is 6. The normalized spacial score (nSPS) is 18.1. The molecular formula is C16H24N6O2. The van der Waals surface area contributed by atoms with Gasteiger partial charge in [0.15, 0.2) is 5.82 Å². The van der Waals surface area contributed by atoms with Crippen molar-refractivity contribution >= 4 is 5.91 Å². The highest BCUT2D eigenvalue weighted by molar-refractivity contribution is 5.77. The van der Waals surface area contributed by atoms with E-state index < -0.39 is 0 Å². The molecule has 0 saturated carbocycles. The average Bonchev–Trinajstić information content (AvgIpc) is 3.24. The summed E-state index contributed by atoms with van der Waals surface area (Å²) in [6, 6.07) is 0. The summed E-state index contributed by atoms with van der Waals surface area (Å²) in [6.07, 6.45) is 7.42. The molecule has 2 aromatic heterocycles. The predicted octanol–water partition coefficient (Wildman–Crippen LogP) is 0.802. The Balaban J connectivity index is 1.67. The number of hydrogen-bond acceptors (Lipinski definition) is 5. The SMILES string of the molecule is CCOCC(=O)N1CCCC(c2nnc(Cn3ccnc3)n2C)C1. The van der Waals surface area contributed by atoms with Gasteiger partial charge in [-0.3, -0.25) is 4.79 Å². The molecular weight excluding hydrogens is 308 g/mol. The van der Waals surface area contributed by atoms with Crippen LogP contribution in [-0.2, 0) is 23.1 Å². The second-order valence-corrected chi connectivity index (χ2v) is 6.08. The third-order valence-corrected chi connectivity index (χ3v) is 4.45. The minimum absolute atomic E-state index is 0.0577. The molecule has 1 saturated heterocycles. The molecule has 0 aliphatic carbocycles. The van der Waals surface area contributed by atoms with Gasteiger partial charge in [-0.2, -0.15) is 0 Å². The summed E-state index contributed by atoms with van der Waals surface area (Å²) in [6.45, 7) is 4.74. The smallest absolute Gasteiger partial charge is 0.248 e. The van der Waals surface area contributed by atoms with Crippen LogP contribution in [0, 0.1) is 0 Å². The Bertz CT molecular complexity index is 666. The zero-order valence-corrected chi connectivity index (χ0v) is 14.3. The van der Waals surface area contributed by atoms with E-state index in [0.717, 1.165) is 31.0 Å². The fourth-order valence-electron chi connectivity index (χ4n) is 3.11. The number of likely N-dealkylation sites (tertiary alicyclic amines) is 1. The van der Waals surface area contributed by atoms with Crippen LogP contribution in [0.15, 0.2) is 18.7 Å². The molecule has 1 aliphatic rings. The van der Waals surface area contributed by atoms with Crippen LogP contribution in [0.4, 0.5) is 0 Å². The van der Waals surface area contributed by atoms with E-state index in [1.54, 1.807) is 12.5 Å². The zero-order valence-electron chi connectivity index (χ0n) is 14.3. The molecule has 1 unspecified atom stereocenters. The molecule has 24 heavy (non-hydrogen) atoms. The van der Waals surface area contributed by atoms with E-state index in [4.69, 9.17) is 4.74 Å². The minimum Gasteiger partial charge on any atom is -0.372 e. The fraction of sp³-hybridized carbons (Fsp3) is 0.625. The van der Waals surface area contributed by atoms with Gasteiger partial charge in [0.25, 0.3) is 0 Å². The Kier molecular flexibility index (Phi) is 5.24. The van der Waals surface area contributed by atoms with E-state index >= 15 is 0 Å². The number of carbonyl (C=O) groups excluding carboxylic acids is 1. The Labute approximate surface area is 141 Å². The maximum absolute atomic E-state index is 12.2. The first-order valence-electron chi connectivity index (χ1n) is 8.38. The van der Waals surface area contributed by atoms with Gasteiger partial charge in [0.05, 0.1) is 12.9 Å². The van der Waals surface area contributed by atoms with E-state index in [-0.39, 0.29) is 18.4 Å². The van der Waals surface area contributed by atoms with Crippen molar-refractivity contribution in [3.8, 4) is 0 Å². The molecule has 0 radical (unpaired) electrons. The second-order valence-electron chi connectivity index (χ2n) is 6.08. The highest BCUT2D eigenvalue weighted by Crippen LogP contribution is 2.26. The lowest BCUT2D eigenvalue weighted by atomic mass is 9.97. The van der Waals surface area contributed by atoms with E-state index in [1.165, 1.54) is 0 Å². The van der Waals surface area contributed by atoms with Crippen LogP contribution in [-0.4, -0.2) is 61.4 Å². The van der Waals surface area contributed by atoms with Gasteiger partial charge in [-0.15, -0.1) is 10.2 Å².